The molecule has 3 aromatic carbocycles. The molecule has 4 rings (SSSR count). The Morgan fingerprint density at radius 2 is 1.71 bits per heavy atom. The number of sulfone groups is 1. The highest BCUT2D eigenvalue weighted by molar-refractivity contribution is 7.90. The second-order valence-electron chi connectivity index (χ2n) is 8.30. The molecule has 0 aliphatic carbocycles. The first-order valence-electron chi connectivity index (χ1n) is 10.6. The third-order valence-corrected chi connectivity index (χ3v) is 7.14. The second-order valence-corrected chi connectivity index (χ2v) is 10.7. The Balaban J connectivity index is 1.75. The molecule has 0 spiro atoms. The van der Waals surface area contributed by atoms with Crippen molar-refractivity contribution in [3.8, 4) is 22.4 Å². The highest BCUT2D eigenvalue weighted by Gasteiger charge is 2.18. The molecule has 8 heteroatoms. The van der Waals surface area contributed by atoms with Gasteiger partial charge in [-0.15, -0.1) is 0 Å². The fraction of sp³-hybridized carbons (Fsp3) is 0.154. The summed E-state index contributed by atoms with van der Waals surface area (Å²) in [5.41, 5.74) is 5.77. The van der Waals surface area contributed by atoms with Gasteiger partial charge in [0.05, 0.1) is 15.6 Å². The average molecular weight is 494 g/mol. The normalized spacial score (nSPS) is 11.4. The van der Waals surface area contributed by atoms with Crippen LogP contribution in [0.4, 0.5) is 5.69 Å². The summed E-state index contributed by atoms with van der Waals surface area (Å²) in [4.78, 5) is 13.5. The van der Waals surface area contributed by atoms with Crippen molar-refractivity contribution in [1.29, 1.82) is 0 Å². The molecule has 1 heterocycles. The van der Waals surface area contributed by atoms with Crippen molar-refractivity contribution in [2.75, 3.05) is 11.6 Å². The SMILES string of the molecule is Cc1ccc(-c2cc(S(C)(=O)=O)ccc2C(=O)Nc2ccc(Cl)c(-c3ccn(C)n3)c2)cc1C. The Morgan fingerprint density at radius 3 is 2.35 bits per heavy atom. The zero-order chi connectivity index (χ0) is 24.6. The van der Waals surface area contributed by atoms with Gasteiger partial charge in [-0.2, -0.15) is 5.10 Å². The van der Waals surface area contributed by atoms with Crippen LogP contribution >= 0.6 is 11.6 Å². The number of aryl methyl sites for hydroxylation is 3. The monoisotopic (exact) mass is 493 g/mol. The van der Waals surface area contributed by atoms with Gasteiger partial charge in [0.2, 0.25) is 0 Å². The summed E-state index contributed by atoms with van der Waals surface area (Å²) in [6.45, 7) is 3.98. The van der Waals surface area contributed by atoms with Crippen LogP contribution in [-0.2, 0) is 16.9 Å². The maximum Gasteiger partial charge on any atom is 0.256 e. The highest BCUT2D eigenvalue weighted by Crippen LogP contribution is 2.32. The van der Waals surface area contributed by atoms with E-state index < -0.39 is 9.84 Å². The maximum absolute atomic E-state index is 13.3. The van der Waals surface area contributed by atoms with Gasteiger partial charge in [-0.3, -0.25) is 9.48 Å². The first-order valence-corrected chi connectivity index (χ1v) is 12.8. The Bertz CT molecular complexity index is 1520. The van der Waals surface area contributed by atoms with Crippen LogP contribution in [0.25, 0.3) is 22.4 Å². The van der Waals surface area contributed by atoms with Crippen molar-refractivity contribution >= 4 is 33.0 Å². The summed E-state index contributed by atoms with van der Waals surface area (Å²) >= 11 is 6.37. The number of carbonyl (C=O) groups is 1. The molecule has 0 aliphatic heterocycles. The first-order chi connectivity index (χ1) is 16.0. The van der Waals surface area contributed by atoms with E-state index in [1.807, 2.05) is 51.4 Å². The van der Waals surface area contributed by atoms with Gasteiger partial charge in [-0.1, -0.05) is 29.8 Å². The van der Waals surface area contributed by atoms with Gasteiger partial charge in [-0.05, 0) is 78.6 Å². The predicted molar refractivity (Wildman–Crippen MR) is 136 cm³/mol. The Kier molecular flexibility index (Phi) is 6.34. The lowest BCUT2D eigenvalue weighted by Crippen LogP contribution is -2.14. The number of halogens is 1. The van der Waals surface area contributed by atoms with Crippen molar-refractivity contribution in [2.24, 2.45) is 7.05 Å². The Hall–Kier alpha value is -3.42. The van der Waals surface area contributed by atoms with E-state index in [1.165, 1.54) is 6.07 Å². The van der Waals surface area contributed by atoms with Crippen molar-refractivity contribution < 1.29 is 13.2 Å². The van der Waals surface area contributed by atoms with Gasteiger partial charge in [0.25, 0.3) is 5.91 Å². The number of rotatable bonds is 5. The fourth-order valence-corrected chi connectivity index (χ4v) is 4.52. The maximum atomic E-state index is 13.3. The number of benzene rings is 3. The van der Waals surface area contributed by atoms with Gasteiger partial charge >= 0.3 is 0 Å². The number of aromatic nitrogens is 2. The molecule has 0 saturated carbocycles. The van der Waals surface area contributed by atoms with Crippen LogP contribution in [0.5, 0.6) is 0 Å². The van der Waals surface area contributed by atoms with Crippen molar-refractivity contribution in [1.82, 2.24) is 9.78 Å². The number of anilines is 1. The van der Waals surface area contributed by atoms with Crippen LogP contribution in [-0.4, -0.2) is 30.4 Å². The van der Waals surface area contributed by atoms with E-state index in [0.717, 1.165) is 22.9 Å². The second kappa shape index (κ2) is 9.08. The van der Waals surface area contributed by atoms with Gasteiger partial charge in [-0.25, -0.2) is 8.42 Å². The molecule has 0 saturated heterocycles. The summed E-state index contributed by atoms with van der Waals surface area (Å²) in [5.74, 6) is -0.359. The molecule has 6 nitrogen and oxygen atoms in total. The number of amides is 1. The molecule has 1 amide bonds. The molecular weight excluding hydrogens is 470 g/mol. The quantitative estimate of drug-likeness (QED) is 0.388. The number of nitrogens with zero attached hydrogens (tertiary/aromatic N) is 2. The van der Waals surface area contributed by atoms with E-state index >= 15 is 0 Å². The Labute approximate surface area is 204 Å². The molecule has 1 aromatic heterocycles. The minimum Gasteiger partial charge on any atom is -0.322 e. The lowest BCUT2D eigenvalue weighted by atomic mass is 9.96. The standard InChI is InChI=1S/C26H24ClN3O3S/c1-16-5-6-18(13-17(16)2)22-15-20(34(4,32)33)8-9-21(22)26(31)28-19-7-10-24(27)23(14-19)25-11-12-30(3)29-25/h5-15H,1-4H3,(H,28,31). The zero-order valence-corrected chi connectivity index (χ0v) is 20.8. The molecule has 174 valence electrons. The van der Waals surface area contributed by atoms with Gasteiger partial charge < -0.3 is 5.32 Å². The van der Waals surface area contributed by atoms with Crippen LogP contribution < -0.4 is 5.32 Å². The van der Waals surface area contributed by atoms with Gasteiger partial charge in [0.15, 0.2) is 9.84 Å². The molecular formula is C26H24ClN3O3S. The molecule has 0 fully saturated rings. The molecule has 0 atom stereocenters. The molecule has 0 aliphatic rings. The molecule has 4 aromatic rings. The molecule has 0 unspecified atom stereocenters. The molecule has 1 N–H and O–H groups in total. The highest BCUT2D eigenvalue weighted by atomic mass is 35.5. The van der Waals surface area contributed by atoms with Crippen LogP contribution in [0.2, 0.25) is 5.02 Å². The summed E-state index contributed by atoms with van der Waals surface area (Å²) < 4.78 is 26.1. The topological polar surface area (TPSA) is 81.1 Å². The van der Waals surface area contributed by atoms with Gasteiger partial charge in [0, 0.05) is 36.3 Å². The van der Waals surface area contributed by atoms with Crippen molar-refractivity contribution in [3.63, 3.8) is 0 Å². The van der Waals surface area contributed by atoms with Crippen LogP contribution in [0.15, 0.2) is 71.8 Å². The summed E-state index contributed by atoms with van der Waals surface area (Å²) in [5, 5.41) is 7.82. The lowest BCUT2D eigenvalue weighted by Gasteiger charge is -2.14. The molecule has 0 radical (unpaired) electrons. The smallest absolute Gasteiger partial charge is 0.256 e. The third kappa shape index (κ3) is 4.90. The largest absolute Gasteiger partial charge is 0.322 e. The van der Waals surface area contributed by atoms with Gasteiger partial charge in [0.1, 0.15) is 0 Å². The minimum atomic E-state index is -3.45. The Morgan fingerprint density at radius 1 is 0.941 bits per heavy atom. The minimum absolute atomic E-state index is 0.154. The van der Waals surface area contributed by atoms with Crippen LogP contribution in [0.1, 0.15) is 21.5 Å². The summed E-state index contributed by atoms with van der Waals surface area (Å²) in [6.07, 6.45) is 2.97. The van der Waals surface area contributed by atoms with E-state index in [0.29, 0.717) is 33.1 Å². The van der Waals surface area contributed by atoms with Crippen molar-refractivity contribution in [2.45, 2.75) is 18.7 Å². The first kappa shape index (κ1) is 23.7. The van der Waals surface area contributed by atoms with Crippen LogP contribution in [0.3, 0.4) is 0 Å². The number of nitrogens with one attached hydrogen (secondary N) is 1. The average Bonchev–Trinajstić information content (AvgIpc) is 3.22. The molecule has 0 bridgehead atoms. The summed E-state index contributed by atoms with van der Waals surface area (Å²) in [7, 11) is -1.63. The zero-order valence-electron chi connectivity index (χ0n) is 19.3. The number of carbonyl (C=O) groups excluding carboxylic acids is 1. The number of hydrogen-bond donors (Lipinski definition) is 1. The fourth-order valence-electron chi connectivity index (χ4n) is 3.66. The van der Waals surface area contributed by atoms with E-state index in [2.05, 4.69) is 10.4 Å². The van der Waals surface area contributed by atoms with E-state index in [4.69, 9.17) is 11.6 Å². The van der Waals surface area contributed by atoms with E-state index in [9.17, 15) is 13.2 Å². The van der Waals surface area contributed by atoms with E-state index in [-0.39, 0.29) is 10.8 Å². The summed E-state index contributed by atoms with van der Waals surface area (Å²) in [6, 6.07) is 17.4. The lowest BCUT2D eigenvalue weighted by molar-refractivity contribution is 0.102. The molecule has 34 heavy (non-hydrogen) atoms. The third-order valence-electron chi connectivity index (χ3n) is 5.70. The van der Waals surface area contributed by atoms with Crippen LogP contribution in [0, 0.1) is 13.8 Å². The van der Waals surface area contributed by atoms with E-state index in [1.54, 1.807) is 35.0 Å². The predicted octanol–water partition coefficient (Wildman–Crippen LogP) is 5.68. The number of hydrogen-bond acceptors (Lipinski definition) is 4. The van der Waals surface area contributed by atoms with Crippen molar-refractivity contribution in [3.05, 3.63) is 88.6 Å².